The van der Waals surface area contributed by atoms with E-state index in [-0.39, 0.29) is 5.37 Å². The van der Waals surface area contributed by atoms with Crippen LogP contribution in [0.5, 0.6) is 0 Å². The summed E-state index contributed by atoms with van der Waals surface area (Å²) in [6, 6.07) is 4.05. The van der Waals surface area contributed by atoms with E-state index in [1.807, 2.05) is 6.92 Å². The number of carboxylic acids is 1. The standard InChI is InChI=1S/C13H15FN2O3S/c1-2-11-16(10(7-20-11)12(17)18)13(19)15-9-5-3-8(14)4-6-9/h3-6,10-11H,2,7H2,1H3,(H,15,19)(H,17,18). The van der Waals surface area contributed by atoms with Gasteiger partial charge in [-0.2, -0.15) is 0 Å². The number of carbonyl (C=O) groups is 2. The second-order valence-electron chi connectivity index (χ2n) is 4.39. The summed E-state index contributed by atoms with van der Waals surface area (Å²) in [5.74, 6) is -1.03. The lowest BCUT2D eigenvalue weighted by Crippen LogP contribution is -2.47. The zero-order chi connectivity index (χ0) is 14.7. The van der Waals surface area contributed by atoms with E-state index in [2.05, 4.69) is 5.32 Å². The maximum atomic E-state index is 12.8. The number of aliphatic carboxylic acids is 1. The average molecular weight is 298 g/mol. The Balaban J connectivity index is 2.12. The molecule has 1 heterocycles. The van der Waals surface area contributed by atoms with E-state index >= 15 is 0 Å². The lowest BCUT2D eigenvalue weighted by molar-refractivity contribution is -0.141. The fourth-order valence-electron chi connectivity index (χ4n) is 2.06. The molecule has 2 rings (SSSR count). The molecule has 0 aliphatic carbocycles. The van der Waals surface area contributed by atoms with Gasteiger partial charge in [0.1, 0.15) is 11.9 Å². The van der Waals surface area contributed by atoms with Gasteiger partial charge in [-0.25, -0.2) is 14.0 Å². The molecule has 0 aromatic heterocycles. The zero-order valence-corrected chi connectivity index (χ0v) is 11.7. The number of urea groups is 1. The van der Waals surface area contributed by atoms with Crippen LogP contribution in [0.2, 0.25) is 0 Å². The van der Waals surface area contributed by atoms with Crippen LogP contribution in [-0.4, -0.2) is 39.2 Å². The smallest absolute Gasteiger partial charge is 0.327 e. The van der Waals surface area contributed by atoms with Crippen molar-refractivity contribution in [3.8, 4) is 0 Å². The quantitative estimate of drug-likeness (QED) is 0.900. The molecular formula is C13H15FN2O3S. The number of halogens is 1. The molecule has 2 unspecified atom stereocenters. The number of hydrogen-bond acceptors (Lipinski definition) is 3. The van der Waals surface area contributed by atoms with Crippen LogP contribution in [0.25, 0.3) is 0 Å². The summed E-state index contributed by atoms with van der Waals surface area (Å²) in [5.41, 5.74) is 0.437. The number of nitrogens with one attached hydrogen (secondary N) is 1. The summed E-state index contributed by atoms with van der Waals surface area (Å²) in [6.07, 6.45) is 0.672. The molecule has 2 amide bonds. The predicted octanol–water partition coefficient (Wildman–Crippen LogP) is 2.60. The van der Waals surface area contributed by atoms with Crippen LogP contribution >= 0.6 is 11.8 Å². The highest BCUT2D eigenvalue weighted by atomic mass is 32.2. The van der Waals surface area contributed by atoms with Gasteiger partial charge in [0.15, 0.2) is 0 Å². The fourth-order valence-corrected chi connectivity index (χ4v) is 3.41. The Hall–Kier alpha value is -1.76. The van der Waals surface area contributed by atoms with E-state index in [9.17, 15) is 14.0 Å². The molecule has 0 spiro atoms. The van der Waals surface area contributed by atoms with Crippen LogP contribution in [-0.2, 0) is 4.79 Å². The van der Waals surface area contributed by atoms with Gasteiger partial charge in [-0.3, -0.25) is 4.90 Å². The molecule has 1 fully saturated rings. The number of carboxylic acid groups (broad SMARTS) is 1. The number of benzene rings is 1. The van der Waals surface area contributed by atoms with Crippen molar-refractivity contribution in [2.75, 3.05) is 11.1 Å². The van der Waals surface area contributed by atoms with Crippen molar-refractivity contribution < 1.29 is 19.1 Å². The number of carbonyl (C=O) groups excluding carboxylic acids is 1. The van der Waals surface area contributed by atoms with Gasteiger partial charge in [-0.15, -0.1) is 11.8 Å². The van der Waals surface area contributed by atoms with Crippen LogP contribution in [0.1, 0.15) is 13.3 Å². The van der Waals surface area contributed by atoms with Gasteiger partial charge in [0, 0.05) is 11.4 Å². The van der Waals surface area contributed by atoms with Crippen LogP contribution in [0.15, 0.2) is 24.3 Å². The molecule has 0 radical (unpaired) electrons. The first-order chi connectivity index (χ1) is 9.52. The fraction of sp³-hybridized carbons (Fsp3) is 0.385. The highest BCUT2D eigenvalue weighted by molar-refractivity contribution is 8.00. The van der Waals surface area contributed by atoms with Gasteiger partial charge in [-0.05, 0) is 30.7 Å². The molecule has 1 aromatic rings. The van der Waals surface area contributed by atoms with Crippen LogP contribution in [0.4, 0.5) is 14.9 Å². The topological polar surface area (TPSA) is 69.6 Å². The number of hydrogen-bond donors (Lipinski definition) is 2. The molecule has 0 saturated carbocycles. The summed E-state index contributed by atoms with van der Waals surface area (Å²) in [5, 5.41) is 11.6. The van der Waals surface area contributed by atoms with E-state index < -0.39 is 23.9 Å². The number of amides is 2. The normalized spacial score (nSPS) is 21.8. The molecule has 1 aliphatic heterocycles. The van der Waals surface area contributed by atoms with E-state index in [1.54, 1.807) is 0 Å². The Bertz CT molecular complexity index is 509. The molecule has 0 bridgehead atoms. The third kappa shape index (κ3) is 3.04. The molecule has 2 atom stereocenters. The van der Waals surface area contributed by atoms with Crippen molar-refractivity contribution >= 4 is 29.4 Å². The molecule has 7 heteroatoms. The Morgan fingerprint density at radius 1 is 1.45 bits per heavy atom. The Morgan fingerprint density at radius 3 is 2.65 bits per heavy atom. The first-order valence-electron chi connectivity index (χ1n) is 6.22. The minimum Gasteiger partial charge on any atom is -0.480 e. The van der Waals surface area contributed by atoms with Gasteiger partial charge < -0.3 is 10.4 Å². The largest absolute Gasteiger partial charge is 0.480 e. The third-order valence-corrected chi connectivity index (χ3v) is 4.51. The van der Waals surface area contributed by atoms with Crippen molar-refractivity contribution in [3.05, 3.63) is 30.1 Å². The number of nitrogens with zero attached hydrogens (tertiary/aromatic N) is 1. The van der Waals surface area contributed by atoms with Crippen molar-refractivity contribution in [2.24, 2.45) is 0 Å². The summed E-state index contributed by atoms with van der Waals surface area (Å²) in [7, 11) is 0. The monoisotopic (exact) mass is 298 g/mol. The van der Waals surface area contributed by atoms with Crippen LogP contribution in [0, 0.1) is 5.82 Å². The summed E-state index contributed by atoms with van der Waals surface area (Å²) >= 11 is 1.45. The molecule has 20 heavy (non-hydrogen) atoms. The molecule has 108 valence electrons. The lowest BCUT2D eigenvalue weighted by atomic mass is 10.2. The van der Waals surface area contributed by atoms with Gasteiger partial charge in [-0.1, -0.05) is 6.92 Å². The maximum absolute atomic E-state index is 12.8. The molecule has 1 aliphatic rings. The Labute approximate surface area is 120 Å². The van der Waals surface area contributed by atoms with Gasteiger partial charge in [0.05, 0.1) is 5.37 Å². The minimum absolute atomic E-state index is 0.156. The second kappa shape index (κ2) is 6.13. The predicted molar refractivity (Wildman–Crippen MR) is 75.2 cm³/mol. The van der Waals surface area contributed by atoms with Crippen molar-refractivity contribution in [3.63, 3.8) is 0 Å². The van der Waals surface area contributed by atoms with Gasteiger partial charge >= 0.3 is 12.0 Å². The molecule has 5 nitrogen and oxygen atoms in total. The number of anilines is 1. The van der Waals surface area contributed by atoms with E-state index in [4.69, 9.17) is 5.11 Å². The first kappa shape index (κ1) is 14.6. The SMILES string of the molecule is CCC1SCC(C(=O)O)N1C(=O)Nc1ccc(F)cc1. The molecule has 2 N–H and O–H groups in total. The summed E-state index contributed by atoms with van der Waals surface area (Å²) < 4.78 is 12.8. The van der Waals surface area contributed by atoms with Crippen molar-refractivity contribution in [2.45, 2.75) is 24.8 Å². The average Bonchev–Trinajstić information content (AvgIpc) is 2.85. The van der Waals surface area contributed by atoms with Crippen LogP contribution in [0.3, 0.4) is 0 Å². The molecule has 1 aromatic carbocycles. The zero-order valence-electron chi connectivity index (χ0n) is 10.9. The maximum Gasteiger partial charge on any atom is 0.327 e. The molecule has 1 saturated heterocycles. The number of thioether (sulfide) groups is 1. The Morgan fingerprint density at radius 2 is 2.10 bits per heavy atom. The van der Waals surface area contributed by atoms with Crippen molar-refractivity contribution in [1.29, 1.82) is 0 Å². The first-order valence-corrected chi connectivity index (χ1v) is 7.27. The van der Waals surface area contributed by atoms with Gasteiger partial charge in [0.25, 0.3) is 0 Å². The summed E-state index contributed by atoms with van der Waals surface area (Å²) in [4.78, 5) is 24.8. The van der Waals surface area contributed by atoms with E-state index in [1.165, 1.54) is 40.9 Å². The minimum atomic E-state index is -1.01. The highest BCUT2D eigenvalue weighted by Crippen LogP contribution is 2.31. The molecular weight excluding hydrogens is 283 g/mol. The second-order valence-corrected chi connectivity index (χ2v) is 5.61. The third-order valence-electron chi connectivity index (χ3n) is 3.06. The van der Waals surface area contributed by atoms with Crippen LogP contribution < -0.4 is 5.32 Å². The van der Waals surface area contributed by atoms with Crippen molar-refractivity contribution in [1.82, 2.24) is 4.90 Å². The Kier molecular flexibility index (Phi) is 4.49. The number of rotatable bonds is 3. The van der Waals surface area contributed by atoms with Gasteiger partial charge in [0.2, 0.25) is 0 Å². The lowest BCUT2D eigenvalue weighted by Gasteiger charge is -2.26. The highest BCUT2D eigenvalue weighted by Gasteiger charge is 2.40. The summed E-state index contributed by atoms with van der Waals surface area (Å²) in [6.45, 7) is 1.90. The van der Waals surface area contributed by atoms with E-state index in [0.29, 0.717) is 17.9 Å². The van der Waals surface area contributed by atoms with E-state index in [0.717, 1.165) is 0 Å².